The fourth-order valence-corrected chi connectivity index (χ4v) is 3.59. The van der Waals surface area contributed by atoms with Crippen LogP contribution >= 0.6 is 11.6 Å². The van der Waals surface area contributed by atoms with Crippen LogP contribution in [0.4, 0.5) is 4.79 Å². The molecule has 1 aliphatic rings. The van der Waals surface area contributed by atoms with E-state index in [1.165, 1.54) is 0 Å². The van der Waals surface area contributed by atoms with E-state index >= 15 is 0 Å². The number of benzene rings is 2. The third-order valence-electron chi connectivity index (χ3n) is 5.28. The second-order valence-electron chi connectivity index (χ2n) is 7.72. The molecule has 0 radical (unpaired) electrons. The van der Waals surface area contributed by atoms with Gasteiger partial charge in [-0.1, -0.05) is 48.5 Å². The molecule has 0 saturated carbocycles. The third-order valence-corrected chi connectivity index (χ3v) is 5.54. The van der Waals surface area contributed by atoms with E-state index in [2.05, 4.69) is 27.6 Å². The van der Waals surface area contributed by atoms with E-state index in [4.69, 9.17) is 17.3 Å². The number of nitrogens with zero attached hydrogens (tertiary/aromatic N) is 2. The van der Waals surface area contributed by atoms with Gasteiger partial charge in [0.25, 0.3) is 5.91 Å². The van der Waals surface area contributed by atoms with Gasteiger partial charge in [-0.2, -0.15) is 5.10 Å². The maximum absolute atomic E-state index is 12.7. The summed E-state index contributed by atoms with van der Waals surface area (Å²) in [5, 5.41) is 12.9. The molecule has 33 heavy (non-hydrogen) atoms. The first-order chi connectivity index (χ1) is 15.8. The zero-order chi connectivity index (χ0) is 23.5. The van der Waals surface area contributed by atoms with Gasteiger partial charge in [0.15, 0.2) is 0 Å². The fraction of sp³-hybridized carbons (Fsp3) is 0.125. The van der Waals surface area contributed by atoms with Gasteiger partial charge in [-0.15, -0.1) is 0 Å². The third kappa shape index (κ3) is 5.07. The van der Waals surface area contributed by atoms with Gasteiger partial charge >= 0.3 is 6.03 Å². The molecular weight excluding hydrogens is 440 g/mol. The van der Waals surface area contributed by atoms with Gasteiger partial charge in [0.05, 0.1) is 30.2 Å². The first kappa shape index (κ1) is 22.2. The van der Waals surface area contributed by atoms with Crippen LogP contribution in [0.15, 0.2) is 84.6 Å². The zero-order valence-corrected chi connectivity index (χ0v) is 18.7. The summed E-state index contributed by atoms with van der Waals surface area (Å²) in [7, 11) is 0. The number of aromatic nitrogens is 2. The minimum atomic E-state index is -0.551. The van der Waals surface area contributed by atoms with Gasteiger partial charge in [-0.25, -0.2) is 4.79 Å². The Labute approximate surface area is 196 Å². The van der Waals surface area contributed by atoms with E-state index < -0.39 is 11.9 Å². The van der Waals surface area contributed by atoms with E-state index in [0.29, 0.717) is 11.6 Å². The molecule has 1 aromatic heterocycles. The highest BCUT2D eigenvalue weighted by molar-refractivity contribution is 6.30. The van der Waals surface area contributed by atoms with Crippen molar-refractivity contribution in [3.8, 4) is 11.1 Å². The van der Waals surface area contributed by atoms with Gasteiger partial charge in [0, 0.05) is 16.8 Å². The molecule has 2 heterocycles. The molecule has 8 nitrogen and oxygen atoms in total. The van der Waals surface area contributed by atoms with Gasteiger partial charge in [-0.3, -0.25) is 9.48 Å². The van der Waals surface area contributed by atoms with Crippen molar-refractivity contribution in [3.63, 3.8) is 0 Å². The van der Waals surface area contributed by atoms with Crippen LogP contribution in [0.3, 0.4) is 0 Å². The average molecular weight is 463 g/mol. The normalized spacial score (nSPS) is 14.5. The monoisotopic (exact) mass is 462 g/mol. The number of nitrogens with one attached hydrogen (secondary N) is 3. The Bertz CT molecular complexity index is 1260. The summed E-state index contributed by atoms with van der Waals surface area (Å²) in [6, 6.07) is 14.6. The Balaban J connectivity index is 1.47. The van der Waals surface area contributed by atoms with Crippen molar-refractivity contribution in [2.45, 2.75) is 19.5 Å². The van der Waals surface area contributed by atoms with Crippen LogP contribution < -0.4 is 21.7 Å². The van der Waals surface area contributed by atoms with E-state index in [-0.39, 0.29) is 23.1 Å². The second-order valence-corrected chi connectivity index (χ2v) is 8.16. The molecular formula is C24H23ClN6O2. The Hall–Kier alpha value is -4.04. The summed E-state index contributed by atoms with van der Waals surface area (Å²) in [5.41, 5.74) is 10.1. The SMILES string of the molecule is C=C1NC(=O)NC(C(=O)N[C@H](C)c2cccc(-c3cnn(Cc4ccc(Cl)cc4)c3)c2)=C1N. The summed E-state index contributed by atoms with van der Waals surface area (Å²) in [6.07, 6.45) is 3.78. The first-order valence-corrected chi connectivity index (χ1v) is 10.6. The molecule has 3 aromatic rings. The highest BCUT2D eigenvalue weighted by atomic mass is 35.5. The summed E-state index contributed by atoms with van der Waals surface area (Å²) in [5.74, 6) is -0.489. The molecule has 0 unspecified atom stereocenters. The molecule has 0 fully saturated rings. The molecule has 2 aromatic carbocycles. The average Bonchev–Trinajstić information content (AvgIpc) is 3.26. The van der Waals surface area contributed by atoms with Crippen LogP contribution in [-0.2, 0) is 11.3 Å². The molecule has 0 aliphatic carbocycles. The smallest absolute Gasteiger partial charge is 0.323 e. The lowest BCUT2D eigenvalue weighted by atomic mass is 10.0. The summed E-state index contributed by atoms with van der Waals surface area (Å²) in [4.78, 5) is 24.3. The van der Waals surface area contributed by atoms with Crippen LogP contribution in [-0.4, -0.2) is 21.7 Å². The van der Waals surface area contributed by atoms with Crippen molar-refractivity contribution in [1.29, 1.82) is 0 Å². The van der Waals surface area contributed by atoms with Crippen molar-refractivity contribution < 1.29 is 9.59 Å². The van der Waals surface area contributed by atoms with E-state index in [0.717, 1.165) is 22.3 Å². The second kappa shape index (κ2) is 9.22. The maximum Gasteiger partial charge on any atom is 0.323 e. The molecule has 0 bridgehead atoms. The van der Waals surface area contributed by atoms with Crippen LogP contribution in [0.2, 0.25) is 5.02 Å². The molecule has 168 valence electrons. The summed E-state index contributed by atoms with van der Waals surface area (Å²) < 4.78 is 1.86. The number of rotatable bonds is 6. The van der Waals surface area contributed by atoms with Crippen LogP contribution in [0.1, 0.15) is 24.1 Å². The van der Waals surface area contributed by atoms with Crippen LogP contribution in [0, 0.1) is 0 Å². The molecule has 1 atom stereocenters. The Kier molecular flexibility index (Phi) is 6.19. The van der Waals surface area contributed by atoms with E-state index in [1.807, 2.05) is 66.3 Å². The van der Waals surface area contributed by atoms with Gasteiger partial charge in [0.2, 0.25) is 0 Å². The minimum absolute atomic E-state index is 0.0183. The Morgan fingerprint density at radius 3 is 2.73 bits per heavy atom. The number of nitrogens with two attached hydrogens (primary N) is 1. The molecule has 0 spiro atoms. The highest BCUT2D eigenvalue weighted by Gasteiger charge is 2.25. The van der Waals surface area contributed by atoms with Crippen molar-refractivity contribution in [2.24, 2.45) is 5.73 Å². The van der Waals surface area contributed by atoms with Crippen LogP contribution in [0.25, 0.3) is 11.1 Å². The molecule has 9 heteroatoms. The van der Waals surface area contributed by atoms with Gasteiger partial charge < -0.3 is 21.7 Å². The van der Waals surface area contributed by atoms with Gasteiger partial charge in [0.1, 0.15) is 5.70 Å². The lowest BCUT2D eigenvalue weighted by molar-refractivity contribution is -0.118. The highest BCUT2D eigenvalue weighted by Crippen LogP contribution is 2.24. The standard InChI is InChI=1S/C24H23ClN6O2/c1-14(28-23(32)22-21(26)15(2)29-24(33)30-22)17-4-3-5-18(10-17)19-11-27-31(13-19)12-16-6-8-20(25)9-7-16/h3-11,13-14H,2,12,26H2,1H3,(H,28,32)(H2,29,30,33)/t14-/m1/s1. The summed E-state index contributed by atoms with van der Waals surface area (Å²) >= 11 is 5.95. The topological polar surface area (TPSA) is 114 Å². The predicted molar refractivity (Wildman–Crippen MR) is 127 cm³/mol. The number of urea groups is 1. The largest absolute Gasteiger partial charge is 0.395 e. The predicted octanol–water partition coefficient (Wildman–Crippen LogP) is 3.43. The first-order valence-electron chi connectivity index (χ1n) is 10.3. The lowest BCUT2D eigenvalue weighted by Crippen LogP contribution is -2.47. The summed E-state index contributed by atoms with van der Waals surface area (Å²) in [6.45, 7) is 6.13. The van der Waals surface area contributed by atoms with Crippen molar-refractivity contribution >= 4 is 23.5 Å². The molecule has 0 saturated heterocycles. The lowest BCUT2D eigenvalue weighted by Gasteiger charge is -2.22. The number of hydrogen-bond donors (Lipinski definition) is 4. The molecule has 5 N–H and O–H groups in total. The van der Waals surface area contributed by atoms with E-state index in [9.17, 15) is 9.59 Å². The van der Waals surface area contributed by atoms with Gasteiger partial charge in [-0.05, 0) is 41.8 Å². The van der Waals surface area contributed by atoms with Crippen LogP contribution in [0.5, 0.6) is 0 Å². The maximum atomic E-state index is 12.7. The molecule has 4 rings (SSSR count). The quantitative estimate of drug-likeness (QED) is 0.449. The molecule has 1 aliphatic heterocycles. The van der Waals surface area contributed by atoms with Crippen molar-refractivity contribution in [2.75, 3.05) is 0 Å². The Morgan fingerprint density at radius 1 is 1.21 bits per heavy atom. The number of hydrogen-bond acceptors (Lipinski definition) is 4. The zero-order valence-electron chi connectivity index (χ0n) is 17.9. The number of carbonyl (C=O) groups excluding carboxylic acids is 2. The number of carbonyl (C=O) groups is 2. The number of halogens is 1. The molecule has 3 amide bonds. The number of amides is 3. The van der Waals surface area contributed by atoms with E-state index in [1.54, 1.807) is 6.20 Å². The fourth-order valence-electron chi connectivity index (χ4n) is 3.46. The van der Waals surface area contributed by atoms with Crippen molar-refractivity contribution in [3.05, 3.63) is 101 Å². The minimum Gasteiger partial charge on any atom is -0.395 e. The Morgan fingerprint density at radius 2 is 1.97 bits per heavy atom. The van der Waals surface area contributed by atoms with Crippen molar-refractivity contribution in [1.82, 2.24) is 25.7 Å².